The van der Waals surface area contributed by atoms with E-state index < -0.39 is 0 Å². The van der Waals surface area contributed by atoms with Gasteiger partial charge in [0, 0.05) is 45.5 Å². The first kappa shape index (κ1) is 21.7. The number of pyridine rings is 1. The Labute approximate surface area is 218 Å². The Balaban J connectivity index is 1.44. The average Bonchev–Trinajstić information content (AvgIpc) is 2.98. The summed E-state index contributed by atoms with van der Waals surface area (Å²) in [5, 5.41) is 7.33. The lowest BCUT2D eigenvalue weighted by Gasteiger charge is -2.18. The lowest BCUT2D eigenvalue weighted by Crippen LogP contribution is -1.91. The summed E-state index contributed by atoms with van der Waals surface area (Å²) in [5.74, 6) is 0.737. The molecule has 0 N–H and O–H groups in total. The number of fused-ring (bicyclic) bond motifs is 3. The molecular formula is C33H21N3S. The Morgan fingerprint density at radius 3 is 2.05 bits per heavy atom. The molecule has 0 fully saturated rings. The standard InChI is InChI=1S/C33H21N3S/c1-2-9-25-22(7-1)8-5-12-26(25)31-27-10-3-4-11-28(27)32(29-17-20-34-21-30(29)31)37-24-15-13-23(14-16-24)33-35-18-6-19-36-33/h1-21H. The molecule has 0 saturated heterocycles. The minimum absolute atomic E-state index is 0.737. The Morgan fingerprint density at radius 1 is 0.514 bits per heavy atom. The van der Waals surface area contributed by atoms with E-state index in [1.807, 2.05) is 18.5 Å². The van der Waals surface area contributed by atoms with E-state index in [1.54, 1.807) is 24.2 Å². The summed E-state index contributed by atoms with van der Waals surface area (Å²) in [7, 11) is 0. The van der Waals surface area contributed by atoms with Crippen LogP contribution in [-0.2, 0) is 0 Å². The third-order valence-electron chi connectivity index (χ3n) is 6.73. The van der Waals surface area contributed by atoms with E-state index >= 15 is 0 Å². The Bertz CT molecular complexity index is 1840. The van der Waals surface area contributed by atoms with Crippen LogP contribution >= 0.6 is 11.8 Å². The van der Waals surface area contributed by atoms with Crippen LogP contribution in [-0.4, -0.2) is 15.0 Å². The van der Waals surface area contributed by atoms with Crippen molar-refractivity contribution in [3.63, 3.8) is 0 Å². The highest BCUT2D eigenvalue weighted by molar-refractivity contribution is 7.99. The summed E-state index contributed by atoms with van der Waals surface area (Å²) in [6.07, 6.45) is 7.45. The predicted octanol–water partition coefficient (Wildman–Crippen LogP) is 8.82. The van der Waals surface area contributed by atoms with Gasteiger partial charge in [-0.1, -0.05) is 90.6 Å². The molecular weight excluding hydrogens is 470 g/mol. The predicted molar refractivity (Wildman–Crippen MR) is 154 cm³/mol. The van der Waals surface area contributed by atoms with Gasteiger partial charge in [0.25, 0.3) is 0 Å². The van der Waals surface area contributed by atoms with E-state index in [2.05, 4.69) is 112 Å². The fraction of sp³-hybridized carbons (Fsp3) is 0. The van der Waals surface area contributed by atoms with Crippen LogP contribution in [0.4, 0.5) is 0 Å². The first-order chi connectivity index (χ1) is 18.4. The third kappa shape index (κ3) is 3.83. The molecule has 0 saturated carbocycles. The first-order valence-electron chi connectivity index (χ1n) is 12.2. The van der Waals surface area contributed by atoms with Crippen molar-refractivity contribution in [3.05, 3.63) is 128 Å². The molecule has 0 amide bonds. The fourth-order valence-electron chi connectivity index (χ4n) is 5.06. The monoisotopic (exact) mass is 491 g/mol. The normalized spacial score (nSPS) is 11.4. The molecule has 0 atom stereocenters. The molecule has 0 spiro atoms. The van der Waals surface area contributed by atoms with Gasteiger partial charge in [0.15, 0.2) is 5.82 Å². The van der Waals surface area contributed by atoms with Gasteiger partial charge >= 0.3 is 0 Å². The lowest BCUT2D eigenvalue weighted by molar-refractivity contribution is 1.17. The molecule has 2 aromatic heterocycles. The number of benzene rings is 5. The highest BCUT2D eigenvalue weighted by Crippen LogP contribution is 2.46. The zero-order chi connectivity index (χ0) is 24.6. The minimum atomic E-state index is 0.737. The van der Waals surface area contributed by atoms with E-state index in [-0.39, 0.29) is 0 Å². The fourth-order valence-corrected chi connectivity index (χ4v) is 6.15. The number of nitrogens with zero attached hydrogens (tertiary/aromatic N) is 3. The molecule has 0 aliphatic heterocycles. The summed E-state index contributed by atoms with van der Waals surface area (Å²) in [5.41, 5.74) is 3.47. The van der Waals surface area contributed by atoms with Gasteiger partial charge in [-0.25, -0.2) is 9.97 Å². The average molecular weight is 492 g/mol. The van der Waals surface area contributed by atoms with Crippen molar-refractivity contribution in [2.24, 2.45) is 0 Å². The zero-order valence-corrected chi connectivity index (χ0v) is 20.7. The van der Waals surface area contributed by atoms with Crippen LogP contribution in [0.15, 0.2) is 138 Å². The molecule has 0 aliphatic carbocycles. The second-order valence-electron chi connectivity index (χ2n) is 8.90. The van der Waals surface area contributed by atoms with Crippen molar-refractivity contribution in [1.82, 2.24) is 15.0 Å². The van der Waals surface area contributed by atoms with Crippen LogP contribution in [0.1, 0.15) is 0 Å². The highest BCUT2D eigenvalue weighted by Gasteiger charge is 2.17. The minimum Gasteiger partial charge on any atom is -0.264 e. The van der Waals surface area contributed by atoms with Gasteiger partial charge in [-0.3, -0.25) is 4.98 Å². The topological polar surface area (TPSA) is 38.7 Å². The molecule has 0 aliphatic rings. The molecule has 37 heavy (non-hydrogen) atoms. The van der Waals surface area contributed by atoms with Gasteiger partial charge in [0.1, 0.15) is 0 Å². The Hall–Kier alpha value is -4.54. The van der Waals surface area contributed by atoms with Crippen molar-refractivity contribution < 1.29 is 0 Å². The van der Waals surface area contributed by atoms with E-state index in [9.17, 15) is 0 Å². The Morgan fingerprint density at radius 2 is 1.22 bits per heavy atom. The summed E-state index contributed by atoms with van der Waals surface area (Å²) in [4.78, 5) is 15.7. The van der Waals surface area contributed by atoms with E-state index in [0.717, 1.165) is 16.8 Å². The largest absolute Gasteiger partial charge is 0.264 e. The van der Waals surface area contributed by atoms with Crippen LogP contribution in [0.2, 0.25) is 0 Å². The maximum absolute atomic E-state index is 4.56. The van der Waals surface area contributed by atoms with Gasteiger partial charge in [-0.05, 0) is 62.3 Å². The molecule has 5 aromatic carbocycles. The van der Waals surface area contributed by atoms with Crippen LogP contribution in [0.3, 0.4) is 0 Å². The summed E-state index contributed by atoms with van der Waals surface area (Å²) in [6.45, 7) is 0. The van der Waals surface area contributed by atoms with E-state index in [4.69, 9.17) is 0 Å². The second kappa shape index (κ2) is 9.16. The molecule has 0 bridgehead atoms. The first-order valence-corrected chi connectivity index (χ1v) is 13.0. The van der Waals surface area contributed by atoms with Crippen LogP contribution in [0.25, 0.3) is 54.8 Å². The molecule has 0 radical (unpaired) electrons. The zero-order valence-electron chi connectivity index (χ0n) is 19.9. The SMILES string of the molecule is c1cnc(-c2ccc(Sc3c4ccccc4c(-c4cccc5ccccc45)c4cnccc34)cc2)nc1. The van der Waals surface area contributed by atoms with Gasteiger partial charge in [-0.15, -0.1) is 0 Å². The molecule has 0 unspecified atom stereocenters. The number of aromatic nitrogens is 3. The third-order valence-corrected chi connectivity index (χ3v) is 7.89. The number of rotatable bonds is 4. The van der Waals surface area contributed by atoms with Crippen molar-refractivity contribution in [2.75, 3.05) is 0 Å². The molecule has 7 rings (SSSR count). The van der Waals surface area contributed by atoms with Crippen LogP contribution in [0.5, 0.6) is 0 Å². The quantitative estimate of drug-likeness (QED) is 0.231. The lowest BCUT2D eigenvalue weighted by atomic mass is 9.90. The van der Waals surface area contributed by atoms with Crippen LogP contribution in [0, 0.1) is 0 Å². The van der Waals surface area contributed by atoms with Gasteiger partial charge in [-0.2, -0.15) is 0 Å². The molecule has 7 aromatic rings. The molecule has 2 heterocycles. The van der Waals surface area contributed by atoms with Gasteiger partial charge < -0.3 is 0 Å². The number of hydrogen-bond acceptors (Lipinski definition) is 4. The van der Waals surface area contributed by atoms with Gasteiger partial charge in [0.2, 0.25) is 0 Å². The van der Waals surface area contributed by atoms with Crippen molar-refractivity contribution in [3.8, 4) is 22.5 Å². The summed E-state index contributed by atoms with van der Waals surface area (Å²) < 4.78 is 0. The van der Waals surface area contributed by atoms with Crippen LogP contribution < -0.4 is 0 Å². The van der Waals surface area contributed by atoms with E-state index in [1.165, 1.54) is 47.8 Å². The Kier molecular flexibility index (Phi) is 5.38. The summed E-state index contributed by atoms with van der Waals surface area (Å²) in [6, 6.07) is 36.3. The highest BCUT2D eigenvalue weighted by atomic mass is 32.2. The maximum atomic E-state index is 4.56. The molecule has 4 heteroatoms. The smallest absolute Gasteiger partial charge is 0.159 e. The van der Waals surface area contributed by atoms with Crippen molar-refractivity contribution in [1.29, 1.82) is 0 Å². The van der Waals surface area contributed by atoms with Crippen molar-refractivity contribution in [2.45, 2.75) is 9.79 Å². The number of hydrogen-bond donors (Lipinski definition) is 0. The van der Waals surface area contributed by atoms with Gasteiger partial charge in [0.05, 0.1) is 0 Å². The second-order valence-corrected chi connectivity index (χ2v) is 9.98. The summed E-state index contributed by atoms with van der Waals surface area (Å²) >= 11 is 1.79. The van der Waals surface area contributed by atoms with E-state index in [0.29, 0.717) is 0 Å². The molecule has 174 valence electrons. The molecule has 3 nitrogen and oxygen atoms in total. The maximum Gasteiger partial charge on any atom is 0.159 e. The van der Waals surface area contributed by atoms with Crippen molar-refractivity contribution >= 4 is 44.1 Å².